The van der Waals surface area contributed by atoms with E-state index in [9.17, 15) is 0 Å². The van der Waals surface area contributed by atoms with E-state index in [1.54, 1.807) is 7.11 Å². The van der Waals surface area contributed by atoms with E-state index < -0.39 is 0 Å². The van der Waals surface area contributed by atoms with E-state index in [1.165, 1.54) is 44.5 Å². The molecule has 3 heteroatoms. The molecule has 0 aliphatic carbocycles. The predicted molar refractivity (Wildman–Crippen MR) is 79.6 cm³/mol. The third kappa shape index (κ3) is 4.22. The Labute approximate surface area is 116 Å². The molecule has 0 atom stereocenters. The fourth-order valence-corrected chi connectivity index (χ4v) is 2.78. The molecule has 0 unspecified atom stereocenters. The number of hydrogen-bond donors (Lipinski definition) is 1. The van der Waals surface area contributed by atoms with Crippen LogP contribution in [0.1, 0.15) is 31.7 Å². The maximum absolute atomic E-state index is 5.39. The Hall–Kier alpha value is -1.06. The quantitative estimate of drug-likeness (QED) is 0.853. The average molecular weight is 262 g/mol. The van der Waals surface area contributed by atoms with Crippen LogP contribution in [0.25, 0.3) is 0 Å². The smallest absolute Gasteiger partial charge is 0.123 e. The Bertz CT molecular complexity index is 373. The highest BCUT2D eigenvalue weighted by atomic mass is 16.5. The summed E-state index contributed by atoms with van der Waals surface area (Å²) in [5, 5.41) is 3.67. The molecule has 2 rings (SSSR count). The normalized spacial score (nSPS) is 17.6. The minimum atomic E-state index is 0.651. The lowest BCUT2D eigenvalue weighted by molar-refractivity contribution is 0.197. The van der Waals surface area contributed by atoms with Crippen molar-refractivity contribution in [1.29, 1.82) is 0 Å². The van der Waals surface area contributed by atoms with Gasteiger partial charge in [0.1, 0.15) is 5.75 Å². The number of rotatable bonds is 6. The monoisotopic (exact) mass is 262 g/mol. The van der Waals surface area contributed by atoms with E-state index in [0.717, 1.165) is 12.3 Å². The fourth-order valence-electron chi connectivity index (χ4n) is 2.78. The third-order valence-electron chi connectivity index (χ3n) is 3.90. The van der Waals surface area contributed by atoms with Crippen LogP contribution in [0.15, 0.2) is 24.3 Å². The number of ether oxygens (including phenoxy) is 1. The van der Waals surface area contributed by atoms with E-state index in [1.807, 2.05) is 12.1 Å². The number of benzene rings is 1. The molecule has 0 aromatic heterocycles. The summed E-state index contributed by atoms with van der Waals surface area (Å²) in [6, 6.07) is 8.91. The van der Waals surface area contributed by atoms with Gasteiger partial charge in [-0.1, -0.05) is 25.1 Å². The maximum atomic E-state index is 5.39. The molecule has 0 radical (unpaired) electrons. The molecule has 0 amide bonds. The first-order chi connectivity index (χ1) is 9.33. The van der Waals surface area contributed by atoms with Gasteiger partial charge in [-0.05, 0) is 45.0 Å². The standard InChI is InChI=1S/C16H26N2O/c1-3-10-18-11-8-15(9-12-18)17-13-14-6-4-5-7-16(14)19-2/h4-7,15,17H,3,8-13H2,1-2H3. The van der Waals surface area contributed by atoms with Crippen molar-refractivity contribution >= 4 is 0 Å². The lowest BCUT2D eigenvalue weighted by Crippen LogP contribution is -2.42. The van der Waals surface area contributed by atoms with Gasteiger partial charge in [0.2, 0.25) is 0 Å². The van der Waals surface area contributed by atoms with Gasteiger partial charge in [0, 0.05) is 18.2 Å². The molecule has 1 aromatic carbocycles. The largest absolute Gasteiger partial charge is 0.496 e. The van der Waals surface area contributed by atoms with E-state index in [4.69, 9.17) is 4.74 Å². The van der Waals surface area contributed by atoms with Gasteiger partial charge in [0.05, 0.1) is 7.11 Å². The first kappa shape index (κ1) is 14.4. The molecule has 1 aliphatic heterocycles. The van der Waals surface area contributed by atoms with E-state index in [0.29, 0.717) is 6.04 Å². The number of nitrogens with zero attached hydrogens (tertiary/aromatic N) is 1. The second kappa shape index (κ2) is 7.51. The Morgan fingerprint density at radius 3 is 2.68 bits per heavy atom. The summed E-state index contributed by atoms with van der Waals surface area (Å²) in [4.78, 5) is 2.57. The van der Waals surface area contributed by atoms with Crippen LogP contribution in [0.2, 0.25) is 0 Å². The highest BCUT2D eigenvalue weighted by Crippen LogP contribution is 2.18. The molecule has 1 saturated heterocycles. The van der Waals surface area contributed by atoms with Crippen molar-refractivity contribution in [3.63, 3.8) is 0 Å². The van der Waals surface area contributed by atoms with E-state index >= 15 is 0 Å². The number of para-hydroxylation sites is 1. The van der Waals surface area contributed by atoms with Crippen LogP contribution >= 0.6 is 0 Å². The highest BCUT2D eigenvalue weighted by molar-refractivity contribution is 5.33. The summed E-state index contributed by atoms with van der Waals surface area (Å²) in [6.45, 7) is 6.88. The van der Waals surface area contributed by atoms with Gasteiger partial charge >= 0.3 is 0 Å². The molecule has 1 aromatic rings. The first-order valence-electron chi connectivity index (χ1n) is 7.41. The summed E-state index contributed by atoms with van der Waals surface area (Å²) in [5.74, 6) is 0.985. The number of hydrogen-bond acceptors (Lipinski definition) is 3. The Balaban J connectivity index is 1.77. The van der Waals surface area contributed by atoms with Crippen molar-refractivity contribution in [2.45, 2.75) is 38.8 Å². The SMILES string of the molecule is CCCN1CCC(NCc2ccccc2OC)CC1. The van der Waals surface area contributed by atoms with Crippen molar-refractivity contribution in [2.75, 3.05) is 26.7 Å². The molecule has 106 valence electrons. The van der Waals surface area contributed by atoms with Gasteiger partial charge in [0.25, 0.3) is 0 Å². The van der Waals surface area contributed by atoms with Crippen molar-refractivity contribution in [3.05, 3.63) is 29.8 Å². The van der Waals surface area contributed by atoms with Crippen molar-refractivity contribution in [1.82, 2.24) is 10.2 Å². The average Bonchev–Trinajstić information content (AvgIpc) is 2.47. The summed E-state index contributed by atoms with van der Waals surface area (Å²) in [6.07, 6.45) is 3.78. The molecule has 0 saturated carbocycles. The molecule has 19 heavy (non-hydrogen) atoms. The molecule has 1 aliphatic rings. The zero-order chi connectivity index (χ0) is 13.5. The molecular weight excluding hydrogens is 236 g/mol. The second-order valence-corrected chi connectivity index (χ2v) is 5.31. The topological polar surface area (TPSA) is 24.5 Å². The van der Waals surface area contributed by atoms with Crippen LogP contribution in [0, 0.1) is 0 Å². The molecule has 1 N–H and O–H groups in total. The summed E-state index contributed by atoms with van der Waals surface area (Å²) < 4.78 is 5.39. The minimum absolute atomic E-state index is 0.651. The van der Waals surface area contributed by atoms with Gasteiger partial charge in [0.15, 0.2) is 0 Å². The van der Waals surface area contributed by atoms with Gasteiger partial charge < -0.3 is 15.0 Å². The Kier molecular flexibility index (Phi) is 5.67. The van der Waals surface area contributed by atoms with Crippen molar-refractivity contribution < 1.29 is 4.74 Å². The summed E-state index contributed by atoms with van der Waals surface area (Å²) >= 11 is 0. The van der Waals surface area contributed by atoms with Crippen LogP contribution in [0.5, 0.6) is 5.75 Å². The predicted octanol–water partition coefficient (Wildman–Crippen LogP) is 2.66. The fraction of sp³-hybridized carbons (Fsp3) is 0.625. The molecule has 1 heterocycles. The van der Waals surface area contributed by atoms with Gasteiger partial charge in [-0.3, -0.25) is 0 Å². The van der Waals surface area contributed by atoms with E-state index in [2.05, 4.69) is 29.3 Å². The van der Waals surface area contributed by atoms with Crippen LogP contribution < -0.4 is 10.1 Å². The zero-order valence-electron chi connectivity index (χ0n) is 12.2. The van der Waals surface area contributed by atoms with Gasteiger partial charge in [-0.15, -0.1) is 0 Å². The maximum Gasteiger partial charge on any atom is 0.123 e. The molecule has 1 fully saturated rings. The number of nitrogens with one attached hydrogen (secondary N) is 1. The van der Waals surface area contributed by atoms with Crippen molar-refractivity contribution in [3.8, 4) is 5.75 Å². The molecular formula is C16H26N2O. The Morgan fingerprint density at radius 1 is 1.26 bits per heavy atom. The van der Waals surface area contributed by atoms with Crippen LogP contribution in [0.3, 0.4) is 0 Å². The summed E-state index contributed by atoms with van der Waals surface area (Å²) in [5.41, 5.74) is 1.25. The highest BCUT2D eigenvalue weighted by Gasteiger charge is 2.18. The van der Waals surface area contributed by atoms with Gasteiger partial charge in [-0.2, -0.15) is 0 Å². The Morgan fingerprint density at radius 2 is 2.00 bits per heavy atom. The van der Waals surface area contributed by atoms with Crippen molar-refractivity contribution in [2.24, 2.45) is 0 Å². The molecule has 0 spiro atoms. The molecule has 3 nitrogen and oxygen atoms in total. The number of likely N-dealkylation sites (tertiary alicyclic amines) is 1. The van der Waals surface area contributed by atoms with Crippen LogP contribution in [0.4, 0.5) is 0 Å². The zero-order valence-corrected chi connectivity index (χ0v) is 12.2. The third-order valence-corrected chi connectivity index (χ3v) is 3.90. The lowest BCUT2D eigenvalue weighted by atomic mass is 10.0. The summed E-state index contributed by atoms with van der Waals surface area (Å²) in [7, 11) is 1.74. The number of methoxy groups -OCH3 is 1. The van der Waals surface area contributed by atoms with Crippen LogP contribution in [-0.2, 0) is 6.54 Å². The van der Waals surface area contributed by atoms with Gasteiger partial charge in [-0.25, -0.2) is 0 Å². The second-order valence-electron chi connectivity index (χ2n) is 5.31. The minimum Gasteiger partial charge on any atom is -0.496 e. The van der Waals surface area contributed by atoms with E-state index in [-0.39, 0.29) is 0 Å². The first-order valence-corrected chi connectivity index (χ1v) is 7.41. The molecule has 0 bridgehead atoms. The lowest BCUT2D eigenvalue weighted by Gasteiger charge is -2.32. The van der Waals surface area contributed by atoms with Crippen LogP contribution in [-0.4, -0.2) is 37.7 Å². The number of piperidine rings is 1.